The number of ether oxygens (including phenoxy) is 1. The Morgan fingerprint density at radius 3 is 2.34 bits per heavy atom. The smallest absolute Gasteiger partial charge is 0.408 e. The van der Waals surface area contributed by atoms with Crippen molar-refractivity contribution in [3.05, 3.63) is 95.6 Å². The van der Waals surface area contributed by atoms with Crippen LogP contribution in [0.3, 0.4) is 0 Å². The molecule has 8 nitrogen and oxygen atoms in total. The summed E-state index contributed by atoms with van der Waals surface area (Å²) in [5.41, 5.74) is 2.77. The SMILES string of the molecule is O=Cc1ccc(NC(=O)COc2cccc([C@H](c3ccccc3)N(C(=O)O)[C@H]3CN4CCC3CC4)c2)cc1. The van der Waals surface area contributed by atoms with Crippen molar-refractivity contribution >= 4 is 24.0 Å². The molecule has 0 radical (unpaired) electrons. The predicted molar refractivity (Wildman–Crippen MR) is 143 cm³/mol. The van der Waals surface area contributed by atoms with Gasteiger partial charge in [0.15, 0.2) is 6.61 Å². The lowest BCUT2D eigenvalue weighted by Gasteiger charge is -2.50. The molecule has 3 aliphatic heterocycles. The van der Waals surface area contributed by atoms with Crippen LogP contribution in [-0.2, 0) is 4.79 Å². The van der Waals surface area contributed by atoms with E-state index in [0.717, 1.165) is 49.9 Å². The minimum atomic E-state index is -0.941. The number of aldehydes is 1. The van der Waals surface area contributed by atoms with Crippen molar-refractivity contribution in [2.24, 2.45) is 5.92 Å². The maximum absolute atomic E-state index is 12.8. The van der Waals surface area contributed by atoms with Gasteiger partial charge in [0.1, 0.15) is 12.0 Å². The summed E-state index contributed by atoms with van der Waals surface area (Å²) in [6, 6.07) is 23.0. The third kappa shape index (κ3) is 5.70. The van der Waals surface area contributed by atoms with Crippen molar-refractivity contribution in [1.82, 2.24) is 9.80 Å². The Morgan fingerprint density at radius 1 is 1.00 bits per heavy atom. The summed E-state index contributed by atoms with van der Waals surface area (Å²) in [5.74, 6) is 0.480. The molecule has 0 spiro atoms. The summed E-state index contributed by atoms with van der Waals surface area (Å²) >= 11 is 0. The number of nitrogens with zero attached hydrogens (tertiary/aromatic N) is 2. The number of piperidine rings is 3. The van der Waals surface area contributed by atoms with E-state index in [2.05, 4.69) is 10.2 Å². The predicted octanol–water partition coefficient (Wildman–Crippen LogP) is 4.68. The lowest BCUT2D eigenvalue weighted by molar-refractivity contribution is -0.118. The molecule has 38 heavy (non-hydrogen) atoms. The number of amides is 2. The quantitative estimate of drug-likeness (QED) is 0.403. The molecule has 8 heteroatoms. The Bertz CT molecular complexity index is 1270. The number of fused-ring (bicyclic) bond motifs is 3. The molecule has 0 unspecified atom stereocenters. The summed E-state index contributed by atoms with van der Waals surface area (Å²) in [6.07, 6.45) is 1.81. The summed E-state index contributed by atoms with van der Waals surface area (Å²) in [4.78, 5) is 40.0. The van der Waals surface area contributed by atoms with E-state index in [0.29, 0.717) is 22.9 Å². The third-order valence-corrected chi connectivity index (χ3v) is 7.47. The van der Waals surface area contributed by atoms with E-state index in [1.165, 1.54) is 0 Å². The summed E-state index contributed by atoms with van der Waals surface area (Å²) < 4.78 is 5.80. The average molecular weight is 514 g/mol. The van der Waals surface area contributed by atoms with Crippen LogP contribution in [0.15, 0.2) is 78.9 Å². The van der Waals surface area contributed by atoms with Gasteiger partial charge in [0.2, 0.25) is 0 Å². The Labute approximate surface area is 221 Å². The number of hydrogen-bond acceptors (Lipinski definition) is 5. The molecule has 2 bridgehead atoms. The van der Waals surface area contributed by atoms with Crippen LogP contribution in [0.1, 0.15) is 40.4 Å². The largest absolute Gasteiger partial charge is 0.484 e. The fourth-order valence-corrected chi connectivity index (χ4v) is 5.61. The van der Waals surface area contributed by atoms with Crippen LogP contribution in [0.2, 0.25) is 0 Å². The molecular formula is C30H31N3O5. The first kappa shape index (κ1) is 25.5. The Morgan fingerprint density at radius 2 is 1.71 bits per heavy atom. The number of anilines is 1. The third-order valence-electron chi connectivity index (χ3n) is 7.47. The number of hydrogen-bond donors (Lipinski definition) is 2. The molecule has 3 heterocycles. The zero-order valence-corrected chi connectivity index (χ0v) is 21.0. The van der Waals surface area contributed by atoms with Gasteiger partial charge in [-0.25, -0.2) is 4.79 Å². The Balaban J connectivity index is 1.36. The van der Waals surface area contributed by atoms with Gasteiger partial charge in [-0.2, -0.15) is 0 Å². The number of carboxylic acid groups (broad SMARTS) is 1. The van der Waals surface area contributed by atoms with Crippen LogP contribution in [0, 0.1) is 5.92 Å². The summed E-state index contributed by atoms with van der Waals surface area (Å²) in [6.45, 7) is 2.58. The molecule has 3 aromatic carbocycles. The molecule has 2 atom stereocenters. The molecular weight excluding hydrogens is 482 g/mol. The Hall–Kier alpha value is -4.17. The van der Waals surface area contributed by atoms with Crippen LogP contribution >= 0.6 is 0 Å². The number of carbonyl (C=O) groups is 3. The van der Waals surface area contributed by atoms with Gasteiger partial charge >= 0.3 is 6.09 Å². The lowest BCUT2D eigenvalue weighted by atomic mass is 9.81. The fraction of sp³-hybridized carbons (Fsp3) is 0.300. The van der Waals surface area contributed by atoms with Gasteiger partial charge in [0.25, 0.3) is 5.91 Å². The number of benzene rings is 3. The van der Waals surface area contributed by atoms with Gasteiger partial charge in [0.05, 0.1) is 12.1 Å². The van der Waals surface area contributed by atoms with E-state index in [-0.39, 0.29) is 18.6 Å². The molecule has 6 rings (SSSR count). The second-order valence-electron chi connectivity index (χ2n) is 9.86. The Kier molecular flexibility index (Phi) is 7.70. The van der Waals surface area contributed by atoms with Crippen molar-refractivity contribution in [3.8, 4) is 5.75 Å². The van der Waals surface area contributed by atoms with Gasteiger partial charge in [-0.3, -0.25) is 14.5 Å². The van der Waals surface area contributed by atoms with E-state index in [9.17, 15) is 19.5 Å². The van der Waals surface area contributed by atoms with E-state index >= 15 is 0 Å². The second kappa shape index (κ2) is 11.5. The number of carbonyl (C=O) groups excluding carboxylic acids is 2. The van der Waals surface area contributed by atoms with Crippen LogP contribution in [0.25, 0.3) is 0 Å². The van der Waals surface area contributed by atoms with Crippen LogP contribution in [0.5, 0.6) is 5.75 Å². The average Bonchev–Trinajstić information content (AvgIpc) is 2.96. The molecule has 2 N–H and O–H groups in total. The molecule has 3 saturated heterocycles. The molecule has 2 amide bonds. The standard InChI is InChI=1S/C30H31N3O5/c34-19-21-9-11-25(12-10-21)31-28(35)20-38-26-8-4-7-24(17-26)29(23-5-2-1-3-6-23)33(30(36)37)27-18-32-15-13-22(27)14-16-32/h1-12,17,19,22,27,29H,13-16,18,20H2,(H,31,35)(H,36,37)/t27-,29-/m0/s1. The van der Waals surface area contributed by atoms with E-state index in [4.69, 9.17) is 4.74 Å². The minimum Gasteiger partial charge on any atom is -0.484 e. The zero-order chi connectivity index (χ0) is 26.5. The second-order valence-corrected chi connectivity index (χ2v) is 9.86. The first-order chi connectivity index (χ1) is 18.5. The molecule has 0 saturated carbocycles. The van der Waals surface area contributed by atoms with E-state index in [1.807, 2.05) is 48.5 Å². The minimum absolute atomic E-state index is 0.0961. The van der Waals surface area contributed by atoms with Crippen molar-refractivity contribution in [2.45, 2.75) is 24.9 Å². The highest BCUT2D eigenvalue weighted by Gasteiger charge is 2.43. The fourth-order valence-electron chi connectivity index (χ4n) is 5.61. The van der Waals surface area contributed by atoms with E-state index < -0.39 is 12.1 Å². The molecule has 3 aliphatic rings. The van der Waals surface area contributed by atoms with Gasteiger partial charge in [0, 0.05) is 17.8 Å². The van der Waals surface area contributed by atoms with Crippen molar-refractivity contribution in [2.75, 3.05) is 31.6 Å². The summed E-state index contributed by atoms with van der Waals surface area (Å²) in [7, 11) is 0. The van der Waals surface area contributed by atoms with Gasteiger partial charge < -0.3 is 20.1 Å². The zero-order valence-electron chi connectivity index (χ0n) is 21.0. The highest BCUT2D eigenvalue weighted by molar-refractivity contribution is 5.92. The monoisotopic (exact) mass is 513 g/mol. The van der Waals surface area contributed by atoms with Gasteiger partial charge in [-0.15, -0.1) is 0 Å². The first-order valence-corrected chi connectivity index (χ1v) is 12.9. The molecule has 196 valence electrons. The highest BCUT2D eigenvalue weighted by atomic mass is 16.5. The topological polar surface area (TPSA) is 99.2 Å². The highest BCUT2D eigenvalue weighted by Crippen LogP contribution is 2.39. The number of rotatable bonds is 9. The van der Waals surface area contributed by atoms with Gasteiger partial charge in [-0.05, 0) is 79.4 Å². The van der Waals surface area contributed by atoms with Crippen LogP contribution in [0.4, 0.5) is 10.5 Å². The van der Waals surface area contributed by atoms with Crippen LogP contribution in [-0.4, -0.2) is 65.5 Å². The molecule has 0 aromatic heterocycles. The van der Waals surface area contributed by atoms with Crippen molar-refractivity contribution in [3.63, 3.8) is 0 Å². The normalized spacial score (nSPS) is 20.8. The lowest BCUT2D eigenvalue weighted by Crippen LogP contribution is -2.59. The number of nitrogens with one attached hydrogen (secondary N) is 1. The van der Waals surface area contributed by atoms with Gasteiger partial charge in [-0.1, -0.05) is 42.5 Å². The molecule has 3 aromatic rings. The summed E-state index contributed by atoms with van der Waals surface area (Å²) in [5, 5.41) is 13.2. The van der Waals surface area contributed by atoms with Crippen LogP contribution < -0.4 is 10.1 Å². The molecule has 0 aliphatic carbocycles. The van der Waals surface area contributed by atoms with Crippen molar-refractivity contribution < 1.29 is 24.2 Å². The van der Waals surface area contributed by atoms with Crippen molar-refractivity contribution in [1.29, 1.82) is 0 Å². The molecule has 3 fully saturated rings. The maximum Gasteiger partial charge on any atom is 0.408 e. The first-order valence-electron chi connectivity index (χ1n) is 12.9. The maximum atomic E-state index is 12.8. The van der Waals surface area contributed by atoms with E-state index in [1.54, 1.807) is 35.2 Å².